The fraction of sp³-hybridized carbons (Fsp3) is 0.727. The molecule has 0 aliphatic rings. The van der Waals surface area contributed by atoms with E-state index in [2.05, 4.69) is 10.2 Å². The van der Waals surface area contributed by atoms with Crippen molar-refractivity contribution in [1.29, 1.82) is 0 Å². The number of hydrogen-bond acceptors (Lipinski definition) is 5. The molecule has 0 saturated carbocycles. The second kappa shape index (κ2) is 5.27. The predicted octanol–water partition coefficient (Wildman–Crippen LogP) is 1.82. The Morgan fingerprint density at radius 3 is 2.71 bits per heavy atom. The number of methoxy groups -OCH3 is 1. The zero-order chi connectivity index (χ0) is 13.1. The summed E-state index contributed by atoms with van der Waals surface area (Å²) in [5, 5.41) is 16.5. The van der Waals surface area contributed by atoms with E-state index in [1.165, 1.54) is 0 Å². The molecule has 1 atom stereocenters. The molecule has 1 aromatic rings. The van der Waals surface area contributed by atoms with Gasteiger partial charge in [0.05, 0.1) is 6.42 Å². The largest absolute Gasteiger partial charge is 0.481 e. The minimum absolute atomic E-state index is 0.0601. The summed E-state index contributed by atoms with van der Waals surface area (Å²) >= 11 is 0. The first kappa shape index (κ1) is 13.6. The molecule has 1 aromatic heterocycles. The molecule has 0 spiro atoms. The third-order valence-corrected chi connectivity index (χ3v) is 2.44. The Labute approximate surface area is 100.0 Å². The van der Waals surface area contributed by atoms with Crippen LogP contribution in [-0.4, -0.2) is 28.4 Å². The molecule has 0 aromatic carbocycles. The number of carboxylic acid groups (broad SMARTS) is 1. The van der Waals surface area contributed by atoms with Crippen molar-refractivity contribution in [2.75, 3.05) is 7.11 Å². The highest BCUT2D eigenvalue weighted by Crippen LogP contribution is 2.26. The standard InChI is InChI=1S/C11H18N2O4/c1-7(16-4)10-13-12-8(17-10)5-11(2,3)6-9(14)15/h7H,5-6H2,1-4H3,(H,14,15). The summed E-state index contributed by atoms with van der Waals surface area (Å²) in [4.78, 5) is 10.7. The lowest BCUT2D eigenvalue weighted by Gasteiger charge is -2.19. The van der Waals surface area contributed by atoms with Gasteiger partial charge in [0.25, 0.3) is 0 Å². The van der Waals surface area contributed by atoms with Gasteiger partial charge >= 0.3 is 5.97 Å². The molecule has 96 valence electrons. The van der Waals surface area contributed by atoms with E-state index in [1.807, 2.05) is 13.8 Å². The Morgan fingerprint density at radius 2 is 2.18 bits per heavy atom. The Hall–Kier alpha value is -1.43. The molecule has 1 heterocycles. The summed E-state index contributed by atoms with van der Waals surface area (Å²) in [5.41, 5.74) is -0.411. The van der Waals surface area contributed by atoms with Crippen LogP contribution in [0.25, 0.3) is 0 Å². The molecule has 1 N–H and O–H groups in total. The van der Waals surface area contributed by atoms with Crippen LogP contribution in [0.2, 0.25) is 0 Å². The monoisotopic (exact) mass is 242 g/mol. The van der Waals surface area contributed by atoms with Crippen molar-refractivity contribution in [3.63, 3.8) is 0 Å². The highest BCUT2D eigenvalue weighted by molar-refractivity contribution is 5.67. The van der Waals surface area contributed by atoms with Crippen LogP contribution in [0, 0.1) is 5.41 Å². The van der Waals surface area contributed by atoms with Crippen LogP contribution in [0.4, 0.5) is 0 Å². The third-order valence-electron chi connectivity index (χ3n) is 2.44. The number of aliphatic carboxylic acids is 1. The van der Waals surface area contributed by atoms with Gasteiger partial charge in [-0.3, -0.25) is 4.79 Å². The van der Waals surface area contributed by atoms with Crippen LogP contribution in [0.5, 0.6) is 0 Å². The number of carbonyl (C=O) groups is 1. The lowest BCUT2D eigenvalue weighted by Crippen LogP contribution is -2.19. The number of hydrogen-bond donors (Lipinski definition) is 1. The third kappa shape index (κ3) is 4.14. The topological polar surface area (TPSA) is 85.5 Å². The van der Waals surface area contributed by atoms with Crippen LogP contribution in [0.1, 0.15) is 45.1 Å². The summed E-state index contributed by atoms with van der Waals surface area (Å²) in [6.45, 7) is 5.51. The van der Waals surface area contributed by atoms with Crippen molar-refractivity contribution in [3.05, 3.63) is 11.8 Å². The van der Waals surface area contributed by atoms with E-state index in [1.54, 1.807) is 14.0 Å². The van der Waals surface area contributed by atoms with E-state index in [0.29, 0.717) is 18.2 Å². The molecular formula is C11H18N2O4. The average Bonchev–Trinajstić information content (AvgIpc) is 2.61. The quantitative estimate of drug-likeness (QED) is 0.818. The highest BCUT2D eigenvalue weighted by atomic mass is 16.5. The van der Waals surface area contributed by atoms with Crippen molar-refractivity contribution in [3.8, 4) is 0 Å². The predicted molar refractivity (Wildman–Crippen MR) is 59.5 cm³/mol. The van der Waals surface area contributed by atoms with Crippen molar-refractivity contribution in [2.24, 2.45) is 5.41 Å². The summed E-state index contributed by atoms with van der Waals surface area (Å²) in [6, 6.07) is 0. The van der Waals surface area contributed by atoms with Gasteiger partial charge in [0.2, 0.25) is 11.8 Å². The molecule has 0 radical (unpaired) electrons. The van der Waals surface area contributed by atoms with E-state index in [4.69, 9.17) is 14.3 Å². The molecule has 6 heteroatoms. The minimum atomic E-state index is -0.833. The van der Waals surface area contributed by atoms with Gasteiger partial charge in [-0.2, -0.15) is 0 Å². The number of ether oxygens (including phenoxy) is 1. The highest BCUT2D eigenvalue weighted by Gasteiger charge is 2.25. The Kier molecular flexibility index (Phi) is 4.22. The van der Waals surface area contributed by atoms with E-state index in [0.717, 1.165) is 0 Å². The second-order valence-corrected chi connectivity index (χ2v) is 4.82. The molecule has 1 rings (SSSR count). The second-order valence-electron chi connectivity index (χ2n) is 4.82. The summed E-state index contributed by atoms with van der Waals surface area (Å²) in [7, 11) is 1.56. The Morgan fingerprint density at radius 1 is 1.53 bits per heavy atom. The van der Waals surface area contributed by atoms with Gasteiger partial charge in [-0.25, -0.2) is 0 Å². The number of nitrogens with zero attached hydrogens (tertiary/aromatic N) is 2. The maximum Gasteiger partial charge on any atom is 0.303 e. The summed E-state index contributed by atoms with van der Waals surface area (Å²) in [6.07, 6.45) is 0.242. The molecule has 0 aliphatic heterocycles. The van der Waals surface area contributed by atoms with Gasteiger partial charge in [-0.15, -0.1) is 10.2 Å². The summed E-state index contributed by atoms with van der Waals surface area (Å²) in [5.74, 6) is 0.0174. The van der Waals surface area contributed by atoms with E-state index in [9.17, 15) is 4.79 Å². The first-order valence-electron chi connectivity index (χ1n) is 5.41. The first-order chi connectivity index (χ1) is 7.84. The van der Waals surface area contributed by atoms with Crippen LogP contribution in [-0.2, 0) is 16.0 Å². The van der Waals surface area contributed by atoms with E-state index in [-0.39, 0.29) is 12.5 Å². The normalized spacial score (nSPS) is 13.6. The number of carboxylic acids is 1. The molecule has 6 nitrogen and oxygen atoms in total. The van der Waals surface area contributed by atoms with Gasteiger partial charge in [-0.1, -0.05) is 13.8 Å². The zero-order valence-corrected chi connectivity index (χ0v) is 10.6. The number of aromatic nitrogens is 2. The van der Waals surface area contributed by atoms with Crippen LogP contribution >= 0.6 is 0 Å². The Bertz CT molecular complexity index is 387. The van der Waals surface area contributed by atoms with Crippen molar-refractivity contribution >= 4 is 5.97 Å². The smallest absolute Gasteiger partial charge is 0.303 e. The van der Waals surface area contributed by atoms with Crippen molar-refractivity contribution < 1.29 is 19.1 Å². The van der Waals surface area contributed by atoms with Gasteiger partial charge in [0, 0.05) is 13.5 Å². The van der Waals surface area contributed by atoms with Gasteiger partial charge in [0.1, 0.15) is 6.10 Å². The molecule has 0 amide bonds. The van der Waals surface area contributed by atoms with Gasteiger partial charge in [0.15, 0.2) is 0 Å². The number of rotatable bonds is 6. The molecule has 17 heavy (non-hydrogen) atoms. The molecule has 0 saturated heterocycles. The van der Waals surface area contributed by atoms with Crippen molar-refractivity contribution in [1.82, 2.24) is 10.2 Å². The maximum atomic E-state index is 10.7. The van der Waals surface area contributed by atoms with Gasteiger partial charge in [-0.05, 0) is 12.3 Å². The zero-order valence-electron chi connectivity index (χ0n) is 10.6. The molecule has 0 bridgehead atoms. The molecule has 0 aliphatic carbocycles. The fourth-order valence-electron chi connectivity index (χ4n) is 1.48. The van der Waals surface area contributed by atoms with Crippen molar-refractivity contribution in [2.45, 2.75) is 39.7 Å². The van der Waals surface area contributed by atoms with Crippen LogP contribution in [0.15, 0.2) is 4.42 Å². The first-order valence-corrected chi connectivity index (χ1v) is 5.41. The average molecular weight is 242 g/mol. The lowest BCUT2D eigenvalue weighted by molar-refractivity contribution is -0.139. The Balaban J connectivity index is 2.68. The molecule has 1 unspecified atom stereocenters. The van der Waals surface area contributed by atoms with Gasteiger partial charge < -0.3 is 14.3 Å². The van der Waals surface area contributed by atoms with E-state index < -0.39 is 11.4 Å². The fourth-order valence-corrected chi connectivity index (χ4v) is 1.48. The lowest BCUT2D eigenvalue weighted by atomic mass is 9.86. The van der Waals surface area contributed by atoms with Crippen LogP contribution in [0.3, 0.4) is 0 Å². The molecule has 0 fully saturated rings. The SMILES string of the molecule is COC(C)c1nnc(CC(C)(C)CC(=O)O)o1. The molecular weight excluding hydrogens is 224 g/mol. The van der Waals surface area contributed by atoms with Crippen LogP contribution < -0.4 is 0 Å². The summed E-state index contributed by atoms with van der Waals surface area (Å²) < 4.78 is 10.5. The minimum Gasteiger partial charge on any atom is -0.481 e. The maximum absolute atomic E-state index is 10.7. The van der Waals surface area contributed by atoms with E-state index >= 15 is 0 Å².